The summed E-state index contributed by atoms with van der Waals surface area (Å²) in [6, 6.07) is 9.35. The van der Waals surface area contributed by atoms with E-state index in [0.717, 1.165) is 16.8 Å². The highest BCUT2D eigenvalue weighted by atomic mass is 16.5. The van der Waals surface area contributed by atoms with E-state index >= 15 is 0 Å². The summed E-state index contributed by atoms with van der Waals surface area (Å²) < 4.78 is 5.25. The van der Waals surface area contributed by atoms with E-state index in [1.807, 2.05) is 51.1 Å². The molecule has 0 unspecified atom stereocenters. The van der Waals surface area contributed by atoms with Crippen LogP contribution in [0, 0.1) is 13.8 Å². The molecule has 0 radical (unpaired) electrons. The van der Waals surface area contributed by atoms with Gasteiger partial charge in [0, 0.05) is 11.9 Å². The number of ether oxygens (including phenoxy) is 1. The van der Waals surface area contributed by atoms with Crippen LogP contribution in [0.2, 0.25) is 0 Å². The van der Waals surface area contributed by atoms with E-state index in [1.54, 1.807) is 13.3 Å². The smallest absolute Gasteiger partial charge is 0.255 e. The molecule has 0 fully saturated rings. The van der Waals surface area contributed by atoms with Crippen LogP contribution in [0.4, 0.5) is 0 Å². The molecule has 0 saturated carbocycles. The molecule has 1 amide bonds. The Morgan fingerprint density at radius 3 is 2.62 bits per heavy atom. The zero-order valence-corrected chi connectivity index (χ0v) is 12.8. The van der Waals surface area contributed by atoms with Crippen LogP contribution in [0.15, 0.2) is 36.5 Å². The van der Waals surface area contributed by atoms with Crippen LogP contribution < -0.4 is 10.1 Å². The van der Waals surface area contributed by atoms with Crippen molar-refractivity contribution in [1.29, 1.82) is 0 Å². The number of benzene rings is 1. The first-order chi connectivity index (χ1) is 10.0. The van der Waals surface area contributed by atoms with E-state index in [2.05, 4.69) is 10.3 Å². The zero-order valence-electron chi connectivity index (χ0n) is 12.8. The maximum absolute atomic E-state index is 12.4. The normalized spacial score (nSPS) is 11.8. The van der Waals surface area contributed by atoms with E-state index in [-0.39, 0.29) is 11.9 Å². The third-order valence-corrected chi connectivity index (χ3v) is 3.38. The number of amides is 1. The van der Waals surface area contributed by atoms with Crippen LogP contribution in [0.3, 0.4) is 0 Å². The molecule has 4 nitrogen and oxygen atoms in total. The van der Waals surface area contributed by atoms with Crippen LogP contribution in [-0.4, -0.2) is 18.0 Å². The number of aromatic nitrogens is 1. The summed E-state index contributed by atoms with van der Waals surface area (Å²) in [7, 11) is 1.56. The molecule has 1 atom stereocenters. The van der Waals surface area contributed by atoms with E-state index in [1.165, 1.54) is 0 Å². The van der Waals surface area contributed by atoms with Gasteiger partial charge in [-0.15, -0.1) is 0 Å². The molecule has 0 aliphatic carbocycles. The summed E-state index contributed by atoms with van der Waals surface area (Å²) in [4.78, 5) is 16.7. The van der Waals surface area contributed by atoms with E-state index in [4.69, 9.17) is 4.74 Å². The summed E-state index contributed by atoms with van der Waals surface area (Å²) in [5.74, 6) is 0.427. The molecule has 110 valence electrons. The molecule has 1 aromatic carbocycles. The Morgan fingerprint density at radius 1 is 1.24 bits per heavy atom. The van der Waals surface area contributed by atoms with Crippen molar-refractivity contribution in [3.05, 3.63) is 58.9 Å². The number of hydrogen-bond donors (Lipinski definition) is 1. The van der Waals surface area contributed by atoms with Crippen molar-refractivity contribution in [1.82, 2.24) is 10.3 Å². The SMILES string of the molecule is COc1ccc(C)cc1C(=O)N[C@H](C)c1ccc(C)nc1. The van der Waals surface area contributed by atoms with Crippen LogP contribution in [0.25, 0.3) is 0 Å². The number of aryl methyl sites for hydroxylation is 2. The number of carbonyl (C=O) groups is 1. The minimum absolute atomic E-state index is 0.115. The molecule has 0 aliphatic heterocycles. The van der Waals surface area contributed by atoms with Crippen molar-refractivity contribution in [2.45, 2.75) is 26.8 Å². The molecular weight excluding hydrogens is 264 g/mol. The Morgan fingerprint density at radius 2 is 2.00 bits per heavy atom. The Hall–Kier alpha value is -2.36. The van der Waals surface area contributed by atoms with Crippen molar-refractivity contribution in [2.24, 2.45) is 0 Å². The first kappa shape index (κ1) is 15.0. The molecule has 0 spiro atoms. The van der Waals surface area contributed by atoms with Crippen molar-refractivity contribution in [2.75, 3.05) is 7.11 Å². The number of nitrogens with zero attached hydrogens (tertiary/aromatic N) is 1. The fourth-order valence-corrected chi connectivity index (χ4v) is 2.09. The maximum atomic E-state index is 12.4. The highest BCUT2D eigenvalue weighted by Crippen LogP contribution is 2.21. The van der Waals surface area contributed by atoms with Gasteiger partial charge in [-0.2, -0.15) is 0 Å². The monoisotopic (exact) mass is 284 g/mol. The highest BCUT2D eigenvalue weighted by molar-refractivity contribution is 5.97. The summed E-state index contributed by atoms with van der Waals surface area (Å²) in [6.07, 6.45) is 1.79. The second kappa shape index (κ2) is 6.39. The van der Waals surface area contributed by atoms with Crippen LogP contribution in [0.5, 0.6) is 5.75 Å². The average Bonchev–Trinajstić information content (AvgIpc) is 2.47. The third kappa shape index (κ3) is 3.60. The number of methoxy groups -OCH3 is 1. The van der Waals surface area contributed by atoms with Gasteiger partial charge in [0.15, 0.2) is 0 Å². The quantitative estimate of drug-likeness (QED) is 0.938. The summed E-state index contributed by atoms with van der Waals surface area (Å²) >= 11 is 0. The van der Waals surface area contributed by atoms with Gasteiger partial charge in [-0.3, -0.25) is 9.78 Å². The van der Waals surface area contributed by atoms with Gasteiger partial charge in [0.2, 0.25) is 0 Å². The largest absolute Gasteiger partial charge is 0.496 e. The Balaban J connectivity index is 2.17. The van der Waals surface area contributed by atoms with Gasteiger partial charge >= 0.3 is 0 Å². The molecule has 2 aromatic rings. The van der Waals surface area contributed by atoms with Gasteiger partial charge in [-0.05, 0) is 44.5 Å². The lowest BCUT2D eigenvalue weighted by molar-refractivity contribution is 0.0936. The summed E-state index contributed by atoms with van der Waals surface area (Å²) in [5, 5.41) is 2.97. The number of hydrogen-bond acceptors (Lipinski definition) is 3. The highest BCUT2D eigenvalue weighted by Gasteiger charge is 2.15. The van der Waals surface area contributed by atoms with Gasteiger partial charge in [0.25, 0.3) is 5.91 Å². The molecule has 21 heavy (non-hydrogen) atoms. The van der Waals surface area contributed by atoms with Crippen LogP contribution in [-0.2, 0) is 0 Å². The van der Waals surface area contributed by atoms with Gasteiger partial charge in [-0.1, -0.05) is 17.7 Å². The van der Waals surface area contributed by atoms with Gasteiger partial charge < -0.3 is 10.1 Å². The molecule has 4 heteroatoms. The lowest BCUT2D eigenvalue weighted by Crippen LogP contribution is -2.27. The van der Waals surface area contributed by atoms with Crippen molar-refractivity contribution in [3.63, 3.8) is 0 Å². The molecular formula is C17H20N2O2. The first-order valence-electron chi connectivity index (χ1n) is 6.89. The predicted octanol–water partition coefficient (Wildman–Crippen LogP) is 3.20. The standard InChI is InChI=1S/C17H20N2O2/c1-11-5-8-16(21-4)15(9-11)17(20)19-13(3)14-7-6-12(2)18-10-14/h5-10,13H,1-4H3,(H,19,20)/t13-/m1/s1. The van der Waals surface area contributed by atoms with Crippen molar-refractivity contribution in [3.8, 4) is 5.75 Å². The minimum atomic E-state index is -0.149. The lowest BCUT2D eigenvalue weighted by atomic mass is 10.1. The summed E-state index contributed by atoms with van der Waals surface area (Å²) in [6.45, 7) is 5.82. The second-order valence-corrected chi connectivity index (χ2v) is 5.13. The topological polar surface area (TPSA) is 51.2 Å². The fourth-order valence-electron chi connectivity index (χ4n) is 2.09. The molecule has 0 bridgehead atoms. The van der Waals surface area contributed by atoms with Crippen molar-refractivity contribution < 1.29 is 9.53 Å². The molecule has 1 N–H and O–H groups in total. The Kier molecular flexibility index (Phi) is 4.58. The second-order valence-electron chi connectivity index (χ2n) is 5.13. The molecule has 1 aromatic heterocycles. The third-order valence-electron chi connectivity index (χ3n) is 3.38. The van der Waals surface area contributed by atoms with E-state index < -0.39 is 0 Å². The Labute approximate surface area is 125 Å². The molecule has 0 saturated heterocycles. The first-order valence-corrected chi connectivity index (χ1v) is 6.89. The van der Waals surface area contributed by atoms with Crippen LogP contribution in [0.1, 0.15) is 40.1 Å². The molecule has 1 heterocycles. The molecule has 0 aliphatic rings. The van der Waals surface area contributed by atoms with Gasteiger partial charge in [-0.25, -0.2) is 0 Å². The lowest BCUT2D eigenvalue weighted by Gasteiger charge is -2.16. The average molecular weight is 284 g/mol. The van der Waals surface area contributed by atoms with Gasteiger partial charge in [0.05, 0.1) is 18.7 Å². The minimum Gasteiger partial charge on any atom is -0.496 e. The molecule has 2 rings (SSSR count). The van der Waals surface area contributed by atoms with E-state index in [9.17, 15) is 4.79 Å². The number of carbonyl (C=O) groups excluding carboxylic acids is 1. The zero-order chi connectivity index (χ0) is 15.4. The van der Waals surface area contributed by atoms with E-state index in [0.29, 0.717) is 11.3 Å². The number of pyridine rings is 1. The van der Waals surface area contributed by atoms with Crippen molar-refractivity contribution >= 4 is 5.91 Å². The van der Waals surface area contributed by atoms with Gasteiger partial charge in [0.1, 0.15) is 5.75 Å². The predicted molar refractivity (Wildman–Crippen MR) is 82.6 cm³/mol. The fraction of sp³-hybridized carbons (Fsp3) is 0.294. The van der Waals surface area contributed by atoms with Crippen LogP contribution >= 0.6 is 0 Å². The number of rotatable bonds is 4. The summed E-state index contributed by atoms with van der Waals surface area (Å²) in [5.41, 5.74) is 3.49. The maximum Gasteiger partial charge on any atom is 0.255 e. The Bertz CT molecular complexity index is 636. The number of nitrogens with one attached hydrogen (secondary N) is 1.